The van der Waals surface area contributed by atoms with Crippen LogP contribution < -0.4 is 5.32 Å². The predicted octanol–water partition coefficient (Wildman–Crippen LogP) is 3.20. The van der Waals surface area contributed by atoms with Gasteiger partial charge < -0.3 is 20.4 Å². The van der Waals surface area contributed by atoms with Crippen LogP contribution in [0.25, 0.3) is 10.6 Å². The maximum Gasteiger partial charge on any atom is 0.357 e. The number of anilines is 2. The van der Waals surface area contributed by atoms with Crippen LogP contribution in [-0.4, -0.2) is 61.5 Å². The van der Waals surface area contributed by atoms with Crippen LogP contribution in [0.3, 0.4) is 0 Å². The zero-order valence-electron chi connectivity index (χ0n) is 18.9. The van der Waals surface area contributed by atoms with Crippen molar-refractivity contribution in [3.8, 4) is 22.9 Å². The van der Waals surface area contributed by atoms with Gasteiger partial charge in [-0.1, -0.05) is 43.2 Å². The first-order valence-electron chi connectivity index (χ1n) is 10.3. The quantitative estimate of drug-likeness (QED) is 0.502. The normalized spacial score (nSPS) is 14.5. The van der Waals surface area contributed by atoms with Crippen molar-refractivity contribution in [3.05, 3.63) is 47.9 Å². The molecule has 0 radical (unpaired) electrons. The summed E-state index contributed by atoms with van der Waals surface area (Å²) in [6.07, 6.45) is 8.64. The van der Waals surface area contributed by atoms with Gasteiger partial charge in [0.2, 0.25) is 0 Å². The molecule has 1 aromatic carbocycles. The Kier molecular flexibility index (Phi) is 9.15. The number of hydrogen-bond donors (Lipinski definition) is 3. The van der Waals surface area contributed by atoms with Gasteiger partial charge in [0.05, 0.1) is 11.9 Å². The number of aliphatic hydroxyl groups excluding tert-OH is 1. The second-order valence-corrected chi connectivity index (χ2v) is 7.82. The number of hydrogen-bond acceptors (Lipinski definition) is 7. The average Bonchev–Trinajstić information content (AvgIpc) is 3.51. The van der Waals surface area contributed by atoms with Gasteiger partial charge in [-0.25, -0.2) is 9.78 Å². The van der Waals surface area contributed by atoms with Gasteiger partial charge in [-0.3, -0.25) is 9.48 Å². The Morgan fingerprint density at radius 1 is 1.33 bits per heavy atom. The number of nitrogens with one attached hydrogen (secondary N) is 1. The van der Waals surface area contributed by atoms with E-state index in [0.29, 0.717) is 28.7 Å². The van der Waals surface area contributed by atoms with E-state index in [-0.39, 0.29) is 11.6 Å². The summed E-state index contributed by atoms with van der Waals surface area (Å²) in [6, 6.07) is 7.28. The van der Waals surface area contributed by atoms with Crippen molar-refractivity contribution in [2.45, 2.75) is 26.4 Å². The Bertz CT molecular complexity index is 1140. The number of aromatic nitrogens is 3. The molecule has 2 aromatic heterocycles. The summed E-state index contributed by atoms with van der Waals surface area (Å²) in [5, 5.41) is 26.3. The Labute approximate surface area is 196 Å². The zero-order valence-corrected chi connectivity index (χ0v) is 19.8. The summed E-state index contributed by atoms with van der Waals surface area (Å²) in [7, 11) is 3.48. The summed E-state index contributed by atoms with van der Waals surface area (Å²) in [4.78, 5) is 27.8. The summed E-state index contributed by atoms with van der Waals surface area (Å²) >= 11 is 1.26. The lowest BCUT2D eigenvalue weighted by Crippen LogP contribution is -2.24. The van der Waals surface area contributed by atoms with Crippen molar-refractivity contribution in [1.29, 1.82) is 0 Å². The monoisotopic (exact) mass is 469 g/mol. The first kappa shape index (κ1) is 25.6. The van der Waals surface area contributed by atoms with Crippen molar-refractivity contribution in [2.24, 2.45) is 7.05 Å². The highest BCUT2D eigenvalue weighted by Crippen LogP contribution is 2.34. The van der Waals surface area contributed by atoms with E-state index in [4.69, 9.17) is 11.5 Å². The molecule has 1 unspecified atom stereocenters. The number of benzene rings is 1. The van der Waals surface area contributed by atoms with E-state index in [1.54, 1.807) is 37.2 Å². The van der Waals surface area contributed by atoms with Gasteiger partial charge in [0.1, 0.15) is 16.1 Å². The molecule has 3 aromatic rings. The highest BCUT2D eigenvalue weighted by Gasteiger charge is 2.26. The Hall–Kier alpha value is -3.68. The highest BCUT2D eigenvalue weighted by molar-refractivity contribution is 7.19. The number of carbonyl (C=O) groups is 2. The maximum atomic E-state index is 11.4. The summed E-state index contributed by atoms with van der Waals surface area (Å²) in [6.45, 7) is 4.69. The van der Waals surface area contributed by atoms with Crippen molar-refractivity contribution in [3.63, 3.8) is 0 Å². The molecule has 3 heterocycles. The third-order valence-electron chi connectivity index (χ3n) is 4.47. The number of aliphatic hydroxyl groups is 1. The summed E-state index contributed by atoms with van der Waals surface area (Å²) < 4.78 is 1.63. The van der Waals surface area contributed by atoms with Crippen LogP contribution in [0.5, 0.6) is 0 Å². The van der Waals surface area contributed by atoms with Crippen LogP contribution in [0.4, 0.5) is 10.7 Å². The number of thiazole rings is 1. The Balaban J connectivity index is 0.000000323. The van der Waals surface area contributed by atoms with Gasteiger partial charge in [-0.2, -0.15) is 5.10 Å². The van der Waals surface area contributed by atoms with Gasteiger partial charge in [-0.05, 0) is 18.6 Å². The molecular weight excluding hydrogens is 442 g/mol. The van der Waals surface area contributed by atoms with Crippen LogP contribution in [0, 0.1) is 12.3 Å². The molecule has 9 nitrogen and oxygen atoms in total. The fraction of sp³-hybridized carbons (Fsp3) is 0.304. The number of nitrogens with zero attached hydrogens (tertiary/aromatic N) is 4. The molecule has 33 heavy (non-hydrogen) atoms. The minimum absolute atomic E-state index is 0.0278. The molecule has 0 aliphatic carbocycles. The molecule has 1 aliphatic heterocycles. The minimum Gasteiger partial charge on any atom is -0.476 e. The molecule has 1 amide bonds. The van der Waals surface area contributed by atoms with Gasteiger partial charge in [-0.15, -0.1) is 6.42 Å². The van der Waals surface area contributed by atoms with Crippen LogP contribution >= 0.6 is 11.3 Å². The molecule has 1 fully saturated rings. The number of likely N-dealkylation sites (N-methyl/N-ethyl adjacent to an activating group) is 1. The molecule has 0 spiro atoms. The molecule has 4 rings (SSSR count). The average molecular weight is 470 g/mol. The number of rotatable bonds is 4. The number of amides is 1. The van der Waals surface area contributed by atoms with Gasteiger partial charge in [0.15, 0.2) is 5.69 Å². The lowest BCUT2D eigenvalue weighted by atomic mass is 10.1. The predicted molar refractivity (Wildman–Crippen MR) is 129 cm³/mol. The molecule has 10 heteroatoms. The third-order valence-corrected chi connectivity index (χ3v) is 5.49. The maximum absolute atomic E-state index is 11.4. The van der Waals surface area contributed by atoms with Crippen molar-refractivity contribution < 1.29 is 19.8 Å². The molecular formula is C23H27N5O4S. The zero-order chi connectivity index (χ0) is 24.5. The Morgan fingerprint density at radius 3 is 2.55 bits per heavy atom. The fourth-order valence-corrected chi connectivity index (χ4v) is 3.81. The highest BCUT2D eigenvalue weighted by atomic mass is 32.1. The van der Waals surface area contributed by atoms with E-state index in [0.717, 1.165) is 11.1 Å². The second kappa shape index (κ2) is 11.8. The van der Waals surface area contributed by atoms with Gasteiger partial charge in [0.25, 0.3) is 5.91 Å². The van der Waals surface area contributed by atoms with Crippen molar-refractivity contribution in [1.82, 2.24) is 19.7 Å². The summed E-state index contributed by atoms with van der Waals surface area (Å²) in [5.41, 5.74) is 2.17. The number of carbonyl (C=O) groups excluding carboxylic acids is 1. The van der Waals surface area contributed by atoms with Gasteiger partial charge >= 0.3 is 5.97 Å². The first-order valence-corrected chi connectivity index (χ1v) is 11.1. The van der Waals surface area contributed by atoms with Crippen LogP contribution in [-0.2, 0) is 11.8 Å². The number of terminal acetylenes is 1. The Morgan fingerprint density at radius 2 is 2.06 bits per heavy atom. The largest absolute Gasteiger partial charge is 0.476 e. The standard InChI is InChI=1S/C16H12N4O2S.C5H9NO2.C2H6/c1-3-10-5-4-6-11(7-10)14-19-13(16(21)22)15(23-14)18-12-8-17-20(2)9-12;1-6-3-2-4(7)5(6)8;1-2/h1,4-9,18H,2H3,(H,21,22);4,7H,2-3H2,1H3;1-2H3. The van der Waals surface area contributed by atoms with E-state index in [1.807, 2.05) is 32.0 Å². The molecule has 0 saturated carbocycles. The molecule has 1 atom stereocenters. The second-order valence-electron chi connectivity index (χ2n) is 6.82. The lowest BCUT2D eigenvalue weighted by molar-refractivity contribution is -0.133. The number of carboxylic acids is 1. The van der Waals surface area contributed by atoms with E-state index >= 15 is 0 Å². The number of likely N-dealkylation sites (tertiary alicyclic amines) is 1. The van der Waals surface area contributed by atoms with Crippen LogP contribution in [0.15, 0.2) is 36.7 Å². The minimum atomic E-state index is -1.09. The SMILES string of the molecule is C#Cc1cccc(-c2nc(C(=O)O)c(Nc3cnn(C)c3)s2)c1.CC.CN1CCC(O)C1=O. The van der Waals surface area contributed by atoms with Crippen molar-refractivity contribution in [2.75, 3.05) is 18.9 Å². The molecule has 1 aliphatic rings. The first-order chi connectivity index (χ1) is 15.8. The van der Waals surface area contributed by atoms with E-state index in [2.05, 4.69) is 21.3 Å². The molecule has 174 valence electrons. The fourth-order valence-electron chi connectivity index (χ4n) is 2.84. The van der Waals surface area contributed by atoms with E-state index in [9.17, 15) is 14.7 Å². The molecule has 0 bridgehead atoms. The third kappa shape index (κ3) is 6.65. The topological polar surface area (TPSA) is 121 Å². The van der Waals surface area contributed by atoms with Crippen LogP contribution in [0.2, 0.25) is 0 Å². The van der Waals surface area contributed by atoms with Crippen LogP contribution in [0.1, 0.15) is 36.3 Å². The van der Waals surface area contributed by atoms with E-state index < -0.39 is 12.1 Å². The molecule has 3 N–H and O–H groups in total. The smallest absolute Gasteiger partial charge is 0.357 e. The number of aryl methyl sites for hydroxylation is 1. The number of carboxylic acid groups (broad SMARTS) is 1. The molecule has 1 saturated heterocycles. The summed E-state index contributed by atoms with van der Waals surface area (Å²) in [5.74, 6) is 1.32. The van der Waals surface area contributed by atoms with Gasteiger partial charge in [0, 0.05) is 38.0 Å². The number of aromatic carboxylic acids is 1. The lowest BCUT2D eigenvalue weighted by Gasteiger charge is -2.04. The van der Waals surface area contributed by atoms with E-state index in [1.165, 1.54) is 16.2 Å². The van der Waals surface area contributed by atoms with Crippen molar-refractivity contribution >= 4 is 33.9 Å².